The normalized spacial score (nSPS) is 27.6. The lowest BCUT2D eigenvalue weighted by atomic mass is 9.61. The maximum atomic E-state index is 11.4. The first-order valence-electron chi connectivity index (χ1n) is 8.19. The lowest BCUT2D eigenvalue weighted by Gasteiger charge is -2.47. The number of hydrogen-bond donors (Lipinski definition) is 1. The zero-order valence-corrected chi connectivity index (χ0v) is 13.6. The van der Waals surface area contributed by atoms with Crippen LogP contribution in [-0.4, -0.2) is 5.11 Å². The second kappa shape index (κ2) is 5.89. The summed E-state index contributed by atoms with van der Waals surface area (Å²) in [5.74, 6) is 0.348. The second-order valence-corrected chi connectivity index (χ2v) is 7.54. The molecule has 1 aliphatic rings. The monoisotopic (exact) mass is 274 g/mol. The summed E-state index contributed by atoms with van der Waals surface area (Å²) in [4.78, 5) is 0. The van der Waals surface area contributed by atoms with Gasteiger partial charge in [-0.25, -0.2) is 0 Å². The Labute approximate surface area is 124 Å². The highest BCUT2D eigenvalue weighted by atomic mass is 16.3. The van der Waals surface area contributed by atoms with Crippen molar-refractivity contribution in [2.45, 2.75) is 71.8 Å². The minimum Gasteiger partial charge on any atom is -0.385 e. The lowest BCUT2D eigenvalue weighted by molar-refractivity contribution is -0.0959. The van der Waals surface area contributed by atoms with Gasteiger partial charge in [0.1, 0.15) is 0 Å². The minimum atomic E-state index is -0.639. The van der Waals surface area contributed by atoms with Crippen molar-refractivity contribution in [3.05, 3.63) is 35.4 Å². The molecule has 0 bridgehead atoms. The van der Waals surface area contributed by atoms with Gasteiger partial charge < -0.3 is 5.11 Å². The van der Waals surface area contributed by atoms with Gasteiger partial charge in [0, 0.05) is 0 Å². The summed E-state index contributed by atoms with van der Waals surface area (Å²) < 4.78 is 0. The van der Waals surface area contributed by atoms with E-state index in [2.05, 4.69) is 52.0 Å². The number of aryl methyl sites for hydroxylation is 1. The first kappa shape index (κ1) is 15.6. The number of hydrogen-bond acceptors (Lipinski definition) is 1. The first-order chi connectivity index (χ1) is 9.38. The average Bonchev–Trinajstić information content (AvgIpc) is 2.38. The van der Waals surface area contributed by atoms with Crippen molar-refractivity contribution >= 4 is 0 Å². The van der Waals surface area contributed by atoms with Gasteiger partial charge in [-0.3, -0.25) is 0 Å². The molecule has 0 aliphatic heterocycles. The van der Waals surface area contributed by atoms with Crippen molar-refractivity contribution in [3.63, 3.8) is 0 Å². The van der Waals surface area contributed by atoms with Gasteiger partial charge in [0.15, 0.2) is 0 Å². The van der Waals surface area contributed by atoms with Crippen LogP contribution in [0.1, 0.15) is 70.9 Å². The summed E-state index contributed by atoms with van der Waals surface area (Å²) in [6.07, 6.45) is 6.69. The van der Waals surface area contributed by atoms with E-state index < -0.39 is 5.60 Å². The van der Waals surface area contributed by atoms with E-state index >= 15 is 0 Å². The molecule has 1 N–H and O–H groups in total. The SMILES string of the molecule is CCCc1cccc(C2(O)CCCCC2C(C)(C)C)c1. The third-order valence-corrected chi connectivity index (χ3v) is 4.89. The predicted molar refractivity (Wildman–Crippen MR) is 85.7 cm³/mol. The van der Waals surface area contributed by atoms with Crippen LogP contribution in [0.5, 0.6) is 0 Å². The third kappa shape index (κ3) is 3.09. The van der Waals surface area contributed by atoms with Gasteiger partial charge in [-0.1, -0.05) is 71.2 Å². The van der Waals surface area contributed by atoms with Gasteiger partial charge >= 0.3 is 0 Å². The molecule has 112 valence electrons. The van der Waals surface area contributed by atoms with Gasteiger partial charge in [0.2, 0.25) is 0 Å². The Kier molecular flexibility index (Phi) is 4.59. The molecule has 1 nitrogen and oxygen atoms in total. The van der Waals surface area contributed by atoms with Crippen LogP contribution < -0.4 is 0 Å². The molecule has 1 aromatic carbocycles. The van der Waals surface area contributed by atoms with Gasteiger partial charge in [-0.15, -0.1) is 0 Å². The van der Waals surface area contributed by atoms with E-state index in [0.717, 1.165) is 37.7 Å². The van der Waals surface area contributed by atoms with Crippen molar-refractivity contribution < 1.29 is 5.11 Å². The molecule has 1 saturated carbocycles. The fourth-order valence-corrected chi connectivity index (χ4v) is 3.94. The molecule has 1 fully saturated rings. The fourth-order valence-electron chi connectivity index (χ4n) is 3.94. The Morgan fingerprint density at radius 3 is 2.65 bits per heavy atom. The molecule has 1 aromatic rings. The molecule has 20 heavy (non-hydrogen) atoms. The summed E-state index contributed by atoms with van der Waals surface area (Å²) in [7, 11) is 0. The van der Waals surface area contributed by atoms with Crippen LogP contribution in [0.25, 0.3) is 0 Å². The molecule has 0 spiro atoms. The maximum absolute atomic E-state index is 11.4. The van der Waals surface area contributed by atoms with Gasteiger partial charge in [0.05, 0.1) is 5.60 Å². The molecule has 0 aromatic heterocycles. The summed E-state index contributed by atoms with van der Waals surface area (Å²) in [6.45, 7) is 9.01. The van der Waals surface area contributed by atoms with E-state index in [1.165, 1.54) is 12.0 Å². The van der Waals surface area contributed by atoms with Crippen LogP contribution in [0.4, 0.5) is 0 Å². The Bertz CT molecular complexity index is 443. The predicted octanol–water partition coefficient (Wildman–Crippen LogP) is 5.06. The molecule has 2 unspecified atom stereocenters. The quantitative estimate of drug-likeness (QED) is 0.816. The topological polar surface area (TPSA) is 20.2 Å². The fraction of sp³-hybridized carbons (Fsp3) is 0.684. The zero-order valence-electron chi connectivity index (χ0n) is 13.6. The summed E-state index contributed by atoms with van der Waals surface area (Å²) >= 11 is 0. The molecule has 1 heteroatoms. The molecule has 2 rings (SSSR count). The smallest absolute Gasteiger partial charge is 0.0929 e. The van der Waals surface area contributed by atoms with Crippen molar-refractivity contribution in [2.75, 3.05) is 0 Å². The Morgan fingerprint density at radius 2 is 2.00 bits per heavy atom. The molecular weight excluding hydrogens is 244 g/mol. The van der Waals surface area contributed by atoms with Crippen LogP contribution in [0.15, 0.2) is 24.3 Å². The molecule has 0 radical (unpaired) electrons. The van der Waals surface area contributed by atoms with Gasteiger partial charge in [-0.2, -0.15) is 0 Å². The molecule has 0 heterocycles. The third-order valence-electron chi connectivity index (χ3n) is 4.89. The second-order valence-electron chi connectivity index (χ2n) is 7.54. The maximum Gasteiger partial charge on any atom is 0.0929 e. The Hall–Kier alpha value is -0.820. The lowest BCUT2D eigenvalue weighted by Crippen LogP contribution is -2.44. The minimum absolute atomic E-state index is 0.149. The highest BCUT2D eigenvalue weighted by molar-refractivity contribution is 5.30. The summed E-state index contributed by atoms with van der Waals surface area (Å²) in [5, 5.41) is 11.4. The van der Waals surface area contributed by atoms with Crippen LogP contribution >= 0.6 is 0 Å². The van der Waals surface area contributed by atoms with Crippen molar-refractivity contribution in [3.8, 4) is 0 Å². The van der Waals surface area contributed by atoms with Crippen LogP contribution in [0.2, 0.25) is 0 Å². The number of benzene rings is 1. The highest BCUT2D eigenvalue weighted by Gasteiger charge is 2.45. The molecular formula is C19H30O. The Balaban J connectivity index is 2.38. The van der Waals surface area contributed by atoms with E-state index in [-0.39, 0.29) is 5.41 Å². The molecule has 0 amide bonds. The standard InChI is InChI=1S/C19H30O/c1-5-9-15-10-8-11-16(14-15)19(20)13-7-6-12-17(19)18(2,3)4/h8,10-11,14,17,20H,5-7,9,12-13H2,1-4H3. The number of rotatable bonds is 3. The summed E-state index contributed by atoms with van der Waals surface area (Å²) in [5.41, 5.74) is 2.01. The van der Waals surface area contributed by atoms with Gasteiger partial charge in [-0.05, 0) is 41.7 Å². The molecule has 1 aliphatic carbocycles. The van der Waals surface area contributed by atoms with Gasteiger partial charge in [0.25, 0.3) is 0 Å². The molecule has 0 saturated heterocycles. The van der Waals surface area contributed by atoms with Crippen molar-refractivity contribution in [1.82, 2.24) is 0 Å². The van der Waals surface area contributed by atoms with Crippen LogP contribution in [0, 0.1) is 11.3 Å². The van der Waals surface area contributed by atoms with E-state index in [1.807, 2.05) is 0 Å². The Morgan fingerprint density at radius 1 is 1.25 bits per heavy atom. The highest BCUT2D eigenvalue weighted by Crippen LogP contribution is 2.49. The number of aliphatic hydroxyl groups is 1. The molecule has 2 atom stereocenters. The first-order valence-corrected chi connectivity index (χ1v) is 8.19. The average molecular weight is 274 g/mol. The van der Waals surface area contributed by atoms with Crippen molar-refractivity contribution in [2.24, 2.45) is 11.3 Å². The van der Waals surface area contributed by atoms with Crippen molar-refractivity contribution in [1.29, 1.82) is 0 Å². The largest absolute Gasteiger partial charge is 0.385 e. The van der Waals surface area contributed by atoms with E-state index in [0.29, 0.717) is 5.92 Å². The zero-order chi connectivity index (χ0) is 14.8. The van der Waals surface area contributed by atoms with E-state index in [1.54, 1.807) is 0 Å². The van der Waals surface area contributed by atoms with E-state index in [4.69, 9.17) is 0 Å². The summed E-state index contributed by atoms with van der Waals surface area (Å²) in [6, 6.07) is 8.68. The van der Waals surface area contributed by atoms with E-state index in [9.17, 15) is 5.11 Å². The van der Waals surface area contributed by atoms with Crippen LogP contribution in [-0.2, 0) is 12.0 Å². The van der Waals surface area contributed by atoms with Crippen LogP contribution in [0.3, 0.4) is 0 Å².